The Morgan fingerprint density at radius 3 is 2.62 bits per heavy atom. The largest absolute Gasteiger partial charge is 0.478 e. The van der Waals surface area contributed by atoms with Crippen LogP contribution in [0.3, 0.4) is 0 Å². The van der Waals surface area contributed by atoms with Crippen LogP contribution in [0.15, 0.2) is 83.9 Å². The van der Waals surface area contributed by atoms with Gasteiger partial charge in [-0.05, 0) is 35.9 Å². The number of carbonyl (C=O) groups is 1. The van der Waals surface area contributed by atoms with Gasteiger partial charge in [0, 0.05) is 12.3 Å². The van der Waals surface area contributed by atoms with Crippen molar-refractivity contribution in [3.63, 3.8) is 0 Å². The van der Waals surface area contributed by atoms with Gasteiger partial charge in [0.25, 0.3) is 0 Å². The van der Waals surface area contributed by atoms with Crippen LogP contribution in [0.5, 0.6) is 11.5 Å². The Morgan fingerprint density at radius 2 is 1.92 bits per heavy atom. The van der Waals surface area contributed by atoms with Gasteiger partial charge in [-0.1, -0.05) is 42.5 Å². The van der Waals surface area contributed by atoms with E-state index in [0.29, 0.717) is 12.3 Å². The molecule has 0 bridgehead atoms. The molecule has 1 atom stereocenters. The maximum Gasteiger partial charge on any atom is 0.328 e. The minimum absolute atomic E-state index is 0.460. The Hall–Kier alpha value is -3.14. The average molecular weight is 319 g/mol. The number of rotatable bonds is 5. The van der Waals surface area contributed by atoms with Crippen LogP contribution in [-0.2, 0) is 10.2 Å². The summed E-state index contributed by atoms with van der Waals surface area (Å²) in [6, 6.07) is 17.2. The third kappa shape index (κ3) is 3.60. The lowest BCUT2D eigenvalue weighted by atomic mass is 9.78. The van der Waals surface area contributed by atoms with Gasteiger partial charge in [0.15, 0.2) is 0 Å². The first kappa shape index (κ1) is 15.7. The number of aliphatic imine (C=N–C) groups is 1. The number of hydrogen-bond donors (Lipinski definition) is 1. The van der Waals surface area contributed by atoms with Gasteiger partial charge in [-0.15, -0.1) is 0 Å². The summed E-state index contributed by atoms with van der Waals surface area (Å²) in [6.45, 7) is 0.460. The molecular formula is C20H17NO3. The van der Waals surface area contributed by atoms with E-state index in [-0.39, 0.29) is 0 Å². The Bertz CT molecular complexity index is 809. The fourth-order valence-corrected chi connectivity index (χ4v) is 2.62. The maximum absolute atomic E-state index is 10.9. The molecule has 1 aliphatic rings. The van der Waals surface area contributed by atoms with E-state index in [2.05, 4.69) is 4.99 Å². The monoisotopic (exact) mass is 319 g/mol. The van der Waals surface area contributed by atoms with E-state index in [1.807, 2.05) is 66.7 Å². The van der Waals surface area contributed by atoms with Crippen LogP contribution < -0.4 is 4.74 Å². The summed E-state index contributed by atoms with van der Waals surface area (Å²) >= 11 is 0. The van der Waals surface area contributed by atoms with E-state index in [1.165, 1.54) is 0 Å². The van der Waals surface area contributed by atoms with Crippen LogP contribution >= 0.6 is 0 Å². The molecule has 2 aromatic rings. The van der Waals surface area contributed by atoms with Gasteiger partial charge in [-0.25, -0.2) is 4.79 Å². The molecule has 3 rings (SSSR count). The van der Waals surface area contributed by atoms with Crippen LogP contribution in [0, 0.1) is 0 Å². The summed E-state index contributed by atoms with van der Waals surface area (Å²) in [4.78, 5) is 15.3. The van der Waals surface area contributed by atoms with E-state index in [0.717, 1.165) is 17.4 Å². The van der Waals surface area contributed by atoms with Gasteiger partial charge in [-0.3, -0.25) is 4.99 Å². The number of dihydropyridines is 1. The standard InChI is InChI=1S/C20H17NO3/c22-19(23)10-12-20(11-5-13-21-15-20)16-6-4-9-18(14-16)24-17-7-2-1-3-8-17/h1-14H,15H2,(H,22,23)/b12-10+. The molecule has 24 heavy (non-hydrogen) atoms. The number of nitrogens with zero attached hydrogens (tertiary/aromatic N) is 1. The van der Waals surface area contributed by atoms with Gasteiger partial charge >= 0.3 is 5.97 Å². The Labute approximate surface area is 140 Å². The highest BCUT2D eigenvalue weighted by Gasteiger charge is 2.28. The molecular weight excluding hydrogens is 302 g/mol. The normalized spacial score (nSPS) is 19.5. The van der Waals surface area contributed by atoms with Crippen molar-refractivity contribution in [2.45, 2.75) is 5.41 Å². The molecule has 0 aliphatic carbocycles. The molecule has 120 valence electrons. The van der Waals surface area contributed by atoms with Gasteiger partial charge in [0.05, 0.1) is 12.0 Å². The fourth-order valence-electron chi connectivity index (χ4n) is 2.62. The zero-order chi connectivity index (χ0) is 16.8. The molecule has 0 aromatic heterocycles. The highest BCUT2D eigenvalue weighted by molar-refractivity contribution is 5.81. The molecule has 0 spiro atoms. The van der Waals surface area contributed by atoms with E-state index in [4.69, 9.17) is 9.84 Å². The zero-order valence-electron chi connectivity index (χ0n) is 13.0. The summed E-state index contributed by atoms with van der Waals surface area (Å²) < 4.78 is 5.88. The van der Waals surface area contributed by atoms with Crippen molar-refractivity contribution in [1.29, 1.82) is 0 Å². The predicted octanol–water partition coefficient (Wildman–Crippen LogP) is 4.00. The number of carboxylic acid groups (broad SMARTS) is 1. The third-order valence-electron chi connectivity index (χ3n) is 3.81. The van der Waals surface area contributed by atoms with Gasteiger partial charge < -0.3 is 9.84 Å². The first-order valence-electron chi connectivity index (χ1n) is 7.61. The Balaban J connectivity index is 1.94. The lowest BCUT2D eigenvalue weighted by Gasteiger charge is -2.28. The molecule has 2 aromatic carbocycles. The molecule has 0 radical (unpaired) electrons. The topological polar surface area (TPSA) is 58.9 Å². The molecule has 4 nitrogen and oxygen atoms in total. The van der Waals surface area contributed by atoms with E-state index in [9.17, 15) is 4.79 Å². The number of allylic oxidation sites excluding steroid dienone is 1. The molecule has 0 amide bonds. The van der Waals surface area contributed by atoms with E-state index < -0.39 is 11.4 Å². The summed E-state index contributed by atoms with van der Waals surface area (Å²) in [5, 5.41) is 8.98. The molecule has 4 heteroatoms. The Morgan fingerprint density at radius 1 is 1.12 bits per heavy atom. The smallest absolute Gasteiger partial charge is 0.328 e. The number of para-hydroxylation sites is 1. The highest BCUT2D eigenvalue weighted by Crippen LogP contribution is 2.33. The second-order valence-electron chi connectivity index (χ2n) is 5.50. The molecule has 1 aliphatic heterocycles. The first-order valence-corrected chi connectivity index (χ1v) is 7.61. The number of aliphatic carboxylic acids is 1. The average Bonchev–Trinajstić information content (AvgIpc) is 2.62. The van der Waals surface area contributed by atoms with Gasteiger partial charge in [0.2, 0.25) is 0 Å². The quantitative estimate of drug-likeness (QED) is 0.848. The van der Waals surface area contributed by atoms with Crippen molar-refractivity contribution >= 4 is 12.2 Å². The van der Waals surface area contributed by atoms with Crippen molar-refractivity contribution in [3.8, 4) is 11.5 Å². The molecule has 0 fully saturated rings. The van der Waals surface area contributed by atoms with Crippen LogP contribution in [0.1, 0.15) is 5.56 Å². The predicted molar refractivity (Wildman–Crippen MR) is 93.9 cm³/mol. The lowest BCUT2D eigenvalue weighted by molar-refractivity contribution is -0.131. The van der Waals surface area contributed by atoms with Crippen molar-refractivity contribution < 1.29 is 14.6 Å². The molecule has 1 N–H and O–H groups in total. The minimum Gasteiger partial charge on any atom is -0.478 e. The number of carboxylic acids is 1. The van der Waals surface area contributed by atoms with Crippen molar-refractivity contribution in [2.75, 3.05) is 6.54 Å². The summed E-state index contributed by atoms with van der Waals surface area (Å²) in [6.07, 6.45) is 8.35. The van der Waals surface area contributed by atoms with E-state index in [1.54, 1.807) is 12.3 Å². The summed E-state index contributed by atoms with van der Waals surface area (Å²) in [5.41, 5.74) is 0.352. The van der Waals surface area contributed by atoms with Crippen LogP contribution in [-0.4, -0.2) is 23.8 Å². The SMILES string of the molecule is O=C(O)/C=C/C1(c2cccc(Oc3ccccc3)c2)C=CC=NC1. The third-order valence-corrected chi connectivity index (χ3v) is 3.81. The lowest BCUT2D eigenvalue weighted by Crippen LogP contribution is -2.27. The minimum atomic E-state index is -0.978. The molecule has 0 saturated heterocycles. The number of benzene rings is 2. The molecule has 1 unspecified atom stereocenters. The van der Waals surface area contributed by atoms with Gasteiger partial charge in [0.1, 0.15) is 11.5 Å². The highest BCUT2D eigenvalue weighted by atomic mass is 16.5. The Kier molecular flexibility index (Phi) is 4.57. The van der Waals surface area contributed by atoms with Gasteiger partial charge in [-0.2, -0.15) is 0 Å². The van der Waals surface area contributed by atoms with Crippen LogP contribution in [0.25, 0.3) is 0 Å². The summed E-state index contributed by atoms with van der Waals surface area (Å²) in [5.74, 6) is 0.473. The van der Waals surface area contributed by atoms with Crippen molar-refractivity contribution in [3.05, 3.63) is 84.5 Å². The molecule has 1 heterocycles. The second-order valence-corrected chi connectivity index (χ2v) is 5.50. The van der Waals surface area contributed by atoms with E-state index >= 15 is 0 Å². The second kappa shape index (κ2) is 6.96. The first-order chi connectivity index (χ1) is 11.7. The zero-order valence-corrected chi connectivity index (χ0v) is 13.0. The summed E-state index contributed by atoms with van der Waals surface area (Å²) in [7, 11) is 0. The fraction of sp³-hybridized carbons (Fsp3) is 0.100. The maximum atomic E-state index is 10.9. The number of ether oxygens (including phenoxy) is 1. The van der Waals surface area contributed by atoms with Crippen molar-refractivity contribution in [2.24, 2.45) is 4.99 Å². The molecule has 0 saturated carbocycles. The van der Waals surface area contributed by atoms with Crippen molar-refractivity contribution in [1.82, 2.24) is 0 Å². The van der Waals surface area contributed by atoms with Crippen LogP contribution in [0.4, 0.5) is 0 Å². The number of hydrogen-bond acceptors (Lipinski definition) is 3. The van der Waals surface area contributed by atoms with Crippen LogP contribution in [0.2, 0.25) is 0 Å².